The van der Waals surface area contributed by atoms with Crippen molar-refractivity contribution in [3.63, 3.8) is 0 Å². The standard InChI is InChI=1S/C15H17Cl2NO3/c1-8(6-10-4-5-11(16)7-12(10)17)14(19)18-13(15(20)21)9-2-3-9/h4-5,7-9,13H,2-3,6H2,1H3,(H,18,19)(H,20,21). The molecule has 6 heteroatoms. The Kier molecular flexibility index (Phi) is 5.12. The average Bonchev–Trinajstić information content (AvgIpc) is 3.22. The summed E-state index contributed by atoms with van der Waals surface area (Å²) in [5.41, 5.74) is 0.821. The third kappa shape index (κ3) is 4.35. The van der Waals surface area contributed by atoms with Gasteiger partial charge in [-0.25, -0.2) is 4.79 Å². The van der Waals surface area contributed by atoms with Crippen LogP contribution in [0.2, 0.25) is 10.0 Å². The number of halogens is 2. The van der Waals surface area contributed by atoms with Crippen LogP contribution >= 0.6 is 23.2 Å². The minimum absolute atomic E-state index is 0.0674. The van der Waals surface area contributed by atoms with E-state index in [0.29, 0.717) is 16.5 Å². The maximum absolute atomic E-state index is 12.1. The van der Waals surface area contributed by atoms with E-state index in [0.717, 1.165) is 18.4 Å². The molecule has 0 heterocycles. The van der Waals surface area contributed by atoms with E-state index in [1.54, 1.807) is 25.1 Å². The predicted molar refractivity (Wildman–Crippen MR) is 81.6 cm³/mol. The molecule has 0 radical (unpaired) electrons. The van der Waals surface area contributed by atoms with Crippen molar-refractivity contribution < 1.29 is 14.7 Å². The van der Waals surface area contributed by atoms with Gasteiger partial charge in [-0.2, -0.15) is 0 Å². The zero-order valence-corrected chi connectivity index (χ0v) is 13.1. The molecule has 0 spiro atoms. The molecule has 0 aromatic heterocycles. The lowest BCUT2D eigenvalue weighted by Crippen LogP contribution is -2.44. The number of carbonyl (C=O) groups is 2. The van der Waals surface area contributed by atoms with Crippen molar-refractivity contribution in [3.05, 3.63) is 33.8 Å². The second-order valence-electron chi connectivity index (χ2n) is 5.50. The molecule has 114 valence electrons. The number of amides is 1. The normalized spacial score (nSPS) is 17.1. The van der Waals surface area contributed by atoms with Gasteiger partial charge in [0.25, 0.3) is 0 Å². The first-order chi connectivity index (χ1) is 9.88. The summed E-state index contributed by atoms with van der Waals surface area (Å²) >= 11 is 11.9. The molecule has 2 rings (SSSR count). The largest absolute Gasteiger partial charge is 0.480 e. The van der Waals surface area contributed by atoms with Crippen LogP contribution in [0.4, 0.5) is 0 Å². The Morgan fingerprint density at radius 3 is 2.57 bits per heavy atom. The van der Waals surface area contributed by atoms with Gasteiger partial charge in [-0.1, -0.05) is 36.2 Å². The van der Waals surface area contributed by atoms with E-state index < -0.39 is 12.0 Å². The summed E-state index contributed by atoms with van der Waals surface area (Å²) in [5, 5.41) is 12.8. The lowest BCUT2D eigenvalue weighted by Gasteiger charge is -2.18. The van der Waals surface area contributed by atoms with E-state index in [1.807, 2.05) is 0 Å². The van der Waals surface area contributed by atoms with Crippen molar-refractivity contribution in [3.8, 4) is 0 Å². The van der Waals surface area contributed by atoms with E-state index in [2.05, 4.69) is 5.32 Å². The number of hydrogen-bond acceptors (Lipinski definition) is 2. The fourth-order valence-electron chi connectivity index (χ4n) is 2.22. The van der Waals surface area contributed by atoms with E-state index in [-0.39, 0.29) is 17.7 Å². The Bertz CT molecular complexity index is 558. The van der Waals surface area contributed by atoms with Gasteiger partial charge < -0.3 is 10.4 Å². The summed E-state index contributed by atoms with van der Waals surface area (Å²) in [7, 11) is 0. The summed E-state index contributed by atoms with van der Waals surface area (Å²) < 4.78 is 0. The fourth-order valence-corrected chi connectivity index (χ4v) is 2.70. The van der Waals surface area contributed by atoms with Crippen LogP contribution in [-0.4, -0.2) is 23.0 Å². The first-order valence-corrected chi connectivity index (χ1v) is 7.61. The number of rotatable bonds is 6. The molecule has 2 unspecified atom stereocenters. The Morgan fingerprint density at radius 2 is 2.05 bits per heavy atom. The minimum Gasteiger partial charge on any atom is -0.480 e. The van der Waals surface area contributed by atoms with Gasteiger partial charge in [0.05, 0.1) is 0 Å². The van der Waals surface area contributed by atoms with E-state index >= 15 is 0 Å². The summed E-state index contributed by atoms with van der Waals surface area (Å²) in [4.78, 5) is 23.3. The molecule has 1 aromatic carbocycles. The van der Waals surface area contributed by atoms with Crippen molar-refractivity contribution in [2.24, 2.45) is 11.8 Å². The molecule has 2 N–H and O–H groups in total. The molecule has 0 saturated heterocycles. The highest BCUT2D eigenvalue weighted by Gasteiger charge is 2.37. The maximum Gasteiger partial charge on any atom is 0.326 e. The van der Waals surface area contributed by atoms with Gasteiger partial charge in [0, 0.05) is 16.0 Å². The number of carbonyl (C=O) groups excluding carboxylic acids is 1. The third-order valence-electron chi connectivity index (χ3n) is 3.65. The van der Waals surface area contributed by atoms with Crippen molar-refractivity contribution in [1.29, 1.82) is 0 Å². The van der Waals surface area contributed by atoms with E-state index in [4.69, 9.17) is 28.3 Å². The number of carboxylic acid groups (broad SMARTS) is 1. The molecule has 2 atom stereocenters. The molecule has 1 aliphatic carbocycles. The summed E-state index contributed by atoms with van der Waals surface area (Å²) in [5.74, 6) is -1.52. The number of carboxylic acids is 1. The van der Waals surface area contributed by atoms with E-state index in [9.17, 15) is 9.59 Å². The lowest BCUT2D eigenvalue weighted by molar-refractivity contribution is -0.143. The van der Waals surface area contributed by atoms with Gasteiger partial charge >= 0.3 is 5.97 Å². The summed E-state index contributed by atoms with van der Waals surface area (Å²) in [6.45, 7) is 1.76. The van der Waals surface area contributed by atoms with Crippen LogP contribution in [0.1, 0.15) is 25.3 Å². The average molecular weight is 330 g/mol. The van der Waals surface area contributed by atoms with Gasteiger partial charge in [-0.15, -0.1) is 0 Å². The highest BCUT2D eigenvalue weighted by Crippen LogP contribution is 2.33. The van der Waals surface area contributed by atoms with Crippen LogP contribution in [0.15, 0.2) is 18.2 Å². The summed E-state index contributed by atoms with van der Waals surface area (Å²) in [6, 6.07) is 4.36. The first kappa shape index (κ1) is 16.1. The smallest absolute Gasteiger partial charge is 0.326 e. The number of benzene rings is 1. The Balaban J connectivity index is 1.97. The van der Waals surface area contributed by atoms with Gasteiger partial charge in [0.1, 0.15) is 6.04 Å². The molecule has 1 fully saturated rings. The summed E-state index contributed by atoms with van der Waals surface area (Å²) in [6.07, 6.45) is 2.15. The monoisotopic (exact) mass is 329 g/mol. The molecule has 4 nitrogen and oxygen atoms in total. The Morgan fingerprint density at radius 1 is 1.38 bits per heavy atom. The van der Waals surface area contributed by atoms with Crippen LogP contribution in [0.5, 0.6) is 0 Å². The minimum atomic E-state index is -0.970. The van der Waals surface area contributed by atoms with Crippen LogP contribution in [0, 0.1) is 11.8 Å². The molecule has 0 aliphatic heterocycles. The zero-order chi connectivity index (χ0) is 15.6. The third-order valence-corrected chi connectivity index (χ3v) is 4.23. The molecular formula is C15H17Cl2NO3. The lowest BCUT2D eigenvalue weighted by atomic mass is 9.99. The van der Waals surface area contributed by atoms with Gasteiger partial charge in [-0.05, 0) is 42.9 Å². The number of aliphatic carboxylic acids is 1. The molecule has 0 bridgehead atoms. The van der Waals surface area contributed by atoms with Crippen molar-refractivity contribution >= 4 is 35.1 Å². The predicted octanol–water partition coefficient (Wildman–Crippen LogP) is 3.15. The Hall–Kier alpha value is -1.26. The van der Waals surface area contributed by atoms with Crippen LogP contribution in [0.3, 0.4) is 0 Å². The highest BCUT2D eigenvalue weighted by molar-refractivity contribution is 6.35. The van der Waals surface area contributed by atoms with Gasteiger partial charge in [0.15, 0.2) is 0 Å². The SMILES string of the molecule is CC(Cc1ccc(Cl)cc1Cl)C(=O)NC(C(=O)O)C1CC1. The quantitative estimate of drug-likeness (QED) is 0.842. The van der Waals surface area contributed by atoms with Gasteiger partial charge in [0.2, 0.25) is 5.91 Å². The van der Waals surface area contributed by atoms with Crippen LogP contribution in [0.25, 0.3) is 0 Å². The van der Waals surface area contributed by atoms with Gasteiger partial charge in [-0.3, -0.25) is 4.79 Å². The number of hydrogen-bond donors (Lipinski definition) is 2. The van der Waals surface area contributed by atoms with Crippen LogP contribution < -0.4 is 5.32 Å². The number of nitrogens with one attached hydrogen (secondary N) is 1. The molecule has 21 heavy (non-hydrogen) atoms. The van der Waals surface area contributed by atoms with Crippen molar-refractivity contribution in [1.82, 2.24) is 5.32 Å². The fraction of sp³-hybridized carbons (Fsp3) is 0.467. The van der Waals surface area contributed by atoms with Crippen molar-refractivity contribution in [2.75, 3.05) is 0 Å². The molecule has 1 aliphatic rings. The Labute approximate surface area is 133 Å². The van der Waals surface area contributed by atoms with E-state index in [1.165, 1.54) is 0 Å². The van der Waals surface area contributed by atoms with Crippen molar-refractivity contribution in [2.45, 2.75) is 32.2 Å². The second-order valence-corrected chi connectivity index (χ2v) is 6.35. The molecule has 1 aromatic rings. The molecule has 1 amide bonds. The van der Waals surface area contributed by atoms with Crippen LogP contribution in [-0.2, 0) is 16.0 Å². The highest BCUT2D eigenvalue weighted by atomic mass is 35.5. The molecular weight excluding hydrogens is 313 g/mol. The zero-order valence-electron chi connectivity index (χ0n) is 11.6. The second kappa shape index (κ2) is 6.67. The molecule has 1 saturated carbocycles. The first-order valence-electron chi connectivity index (χ1n) is 6.85. The maximum atomic E-state index is 12.1. The topological polar surface area (TPSA) is 66.4 Å².